The van der Waals surface area contributed by atoms with Gasteiger partial charge in [-0.05, 0) is 54.6 Å². The summed E-state index contributed by atoms with van der Waals surface area (Å²) in [6, 6.07) is 17.5. The van der Waals surface area contributed by atoms with Crippen molar-refractivity contribution in [3.05, 3.63) is 71.2 Å². The number of anilines is 3. The van der Waals surface area contributed by atoms with Crippen molar-refractivity contribution in [3.8, 4) is 5.75 Å². The fourth-order valence-corrected chi connectivity index (χ4v) is 2.30. The smallest absolute Gasteiger partial charge is 0.256 e. The van der Waals surface area contributed by atoms with Gasteiger partial charge in [-0.25, -0.2) is 0 Å². The van der Waals surface area contributed by atoms with E-state index in [0.29, 0.717) is 28.0 Å². The molecule has 0 aliphatic rings. The number of ether oxygens (including phenoxy) is 1. The first-order valence-corrected chi connectivity index (χ1v) is 7.83. The molecule has 0 fully saturated rings. The van der Waals surface area contributed by atoms with Crippen LogP contribution in [-0.2, 0) is 0 Å². The van der Waals surface area contributed by atoms with Crippen LogP contribution in [0.4, 0.5) is 17.3 Å². The lowest BCUT2D eigenvalue weighted by Crippen LogP contribution is -2.13. The van der Waals surface area contributed by atoms with Crippen LogP contribution in [-0.4, -0.2) is 23.2 Å². The third-order valence-electron chi connectivity index (χ3n) is 3.36. The first kappa shape index (κ1) is 16.7. The van der Waals surface area contributed by atoms with Crippen LogP contribution >= 0.6 is 11.6 Å². The largest absolute Gasteiger partial charge is 0.497 e. The maximum atomic E-state index is 12.2. The minimum atomic E-state index is -0.271. The van der Waals surface area contributed by atoms with Gasteiger partial charge in [0.1, 0.15) is 5.75 Å². The van der Waals surface area contributed by atoms with Crippen LogP contribution in [0.5, 0.6) is 5.75 Å². The lowest BCUT2D eigenvalue weighted by Gasteiger charge is -2.07. The zero-order valence-electron chi connectivity index (χ0n) is 13.4. The van der Waals surface area contributed by atoms with Crippen LogP contribution in [0.15, 0.2) is 60.7 Å². The van der Waals surface area contributed by atoms with Gasteiger partial charge in [-0.15, -0.1) is 10.2 Å². The average Bonchev–Trinajstić information content (AvgIpc) is 2.63. The SMILES string of the molecule is COc1ccc(C(=O)Nc2ccc(Nc3cccc(Cl)c3)nn2)cc1. The molecule has 6 nitrogen and oxygen atoms in total. The Bertz CT molecular complexity index is 867. The highest BCUT2D eigenvalue weighted by Crippen LogP contribution is 2.19. The zero-order valence-corrected chi connectivity index (χ0v) is 14.1. The van der Waals surface area contributed by atoms with Gasteiger partial charge in [0.15, 0.2) is 11.6 Å². The number of hydrogen-bond donors (Lipinski definition) is 2. The van der Waals surface area contributed by atoms with Gasteiger partial charge in [0.05, 0.1) is 7.11 Å². The minimum Gasteiger partial charge on any atom is -0.497 e. The second-order valence-corrected chi connectivity index (χ2v) is 5.56. The maximum Gasteiger partial charge on any atom is 0.256 e. The lowest BCUT2D eigenvalue weighted by molar-refractivity contribution is 0.102. The van der Waals surface area contributed by atoms with Crippen molar-refractivity contribution in [2.24, 2.45) is 0 Å². The number of nitrogens with zero attached hydrogens (tertiary/aromatic N) is 2. The number of rotatable bonds is 5. The molecule has 1 amide bonds. The van der Waals surface area contributed by atoms with Crippen molar-refractivity contribution in [2.75, 3.05) is 17.7 Å². The highest BCUT2D eigenvalue weighted by molar-refractivity contribution is 6.30. The number of methoxy groups -OCH3 is 1. The number of aromatic nitrogens is 2. The van der Waals surface area contributed by atoms with E-state index in [1.165, 1.54) is 0 Å². The number of nitrogens with one attached hydrogen (secondary N) is 2. The van der Waals surface area contributed by atoms with E-state index in [9.17, 15) is 4.79 Å². The van der Waals surface area contributed by atoms with Gasteiger partial charge < -0.3 is 15.4 Å². The number of halogens is 1. The molecular formula is C18H15ClN4O2. The topological polar surface area (TPSA) is 76.1 Å². The van der Waals surface area contributed by atoms with E-state index in [0.717, 1.165) is 5.69 Å². The Balaban J connectivity index is 1.64. The molecule has 126 valence electrons. The monoisotopic (exact) mass is 354 g/mol. The van der Waals surface area contributed by atoms with Gasteiger partial charge in [-0.3, -0.25) is 4.79 Å². The Morgan fingerprint density at radius 3 is 2.36 bits per heavy atom. The Labute approximate surface area is 149 Å². The molecule has 0 aliphatic heterocycles. The lowest BCUT2D eigenvalue weighted by atomic mass is 10.2. The molecule has 0 aliphatic carbocycles. The summed E-state index contributed by atoms with van der Waals surface area (Å²) in [7, 11) is 1.57. The van der Waals surface area contributed by atoms with Crippen molar-refractivity contribution in [3.63, 3.8) is 0 Å². The molecule has 3 rings (SSSR count). The molecule has 2 N–H and O–H groups in total. The molecular weight excluding hydrogens is 340 g/mol. The first-order chi connectivity index (χ1) is 12.1. The van der Waals surface area contributed by atoms with Crippen LogP contribution in [0.25, 0.3) is 0 Å². The number of hydrogen-bond acceptors (Lipinski definition) is 5. The van der Waals surface area contributed by atoms with E-state index in [2.05, 4.69) is 20.8 Å². The first-order valence-electron chi connectivity index (χ1n) is 7.46. The Kier molecular flexibility index (Phi) is 5.11. The van der Waals surface area contributed by atoms with E-state index in [1.807, 2.05) is 12.1 Å². The fraction of sp³-hybridized carbons (Fsp3) is 0.0556. The van der Waals surface area contributed by atoms with Crippen LogP contribution in [0.1, 0.15) is 10.4 Å². The summed E-state index contributed by atoms with van der Waals surface area (Å²) in [5, 5.41) is 14.4. The average molecular weight is 355 g/mol. The molecule has 2 aromatic carbocycles. The number of amides is 1. The number of benzene rings is 2. The molecule has 0 spiro atoms. The summed E-state index contributed by atoms with van der Waals surface area (Å²) in [6.45, 7) is 0. The summed E-state index contributed by atoms with van der Waals surface area (Å²) >= 11 is 5.94. The molecule has 3 aromatic rings. The molecule has 0 saturated carbocycles. The van der Waals surface area contributed by atoms with E-state index in [1.54, 1.807) is 55.6 Å². The third-order valence-corrected chi connectivity index (χ3v) is 3.59. The highest BCUT2D eigenvalue weighted by atomic mass is 35.5. The summed E-state index contributed by atoms with van der Waals surface area (Å²) in [4.78, 5) is 12.2. The molecule has 0 atom stereocenters. The molecule has 25 heavy (non-hydrogen) atoms. The van der Waals surface area contributed by atoms with Crippen LogP contribution in [0, 0.1) is 0 Å². The predicted molar refractivity (Wildman–Crippen MR) is 97.7 cm³/mol. The van der Waals surface area contributed by atoms with Crippen molar-refractivity contribution in [2.45, 2.75) is 0 Å². The normalized spacial score (nSPS) is 10.2. The molecule has 7 heteroatoms. The maximum absolute atomic E-state index is 12.2. The van der Waals surface area contributed by atoms with Crippen molar-refractivity contribution in [1.29, 1.82) is 0 Å². The zero-order chi connectivity index (χ0) is 17.6. The van der Waals surface area contributed by atoms with E-state index in [4.69, 9.17) is 16.3 Å². The minimum absolute atomic E-state index is 0.271. The van der Waals surface area contributed by atoms with Gasteiger partial charge in [-0.1, -0.05) is 17.7 Å². The van der Waals surface area contributed by atoms with Crippen LogP contribution < -0.4 is 15.4 Å². The predicted octanol–water partition coefficient (Wildman–Crippen LogP) is 4.13. The molecule has 0 bridgehead atoms. The van der Waals surface area contributed by atoms with Gasteiger partial charge in [0.2, 0.25) is 0 Å². The van der Waals surface area contributed by atoms with Gasteiger partial charge in [0.25, 0.3) is 5.91 Å². The summed E-state index contributed by atoms with van der Waals surface area (Å²) in [5.74, 6) is 1.32. The van der Waals surface area contributed by atoms with Crippen LogP contribution in [0.2, 0.25) is 5.02 Å². The standard InChI is InChI=1S/C18H15ClN4O2/c1-25-15-7-5-12(6-8-15)18(24)21-17-10-9-16(22-23-17)20-14-4-2-3-13(19)11-14/h2-11H,1H3,(H,20,22)(H,21,23,24). The second-order valence-electron chi connectivity index (χ2n) is 5.12. The number of carbonyl (C=O) groups is 1. The van der Waals surface area contributed by atoms with Crippen molar-refractivity contribution in [1.82, 2.24) is 10.2 Å². The van der Waals surface area contributed by atoms with E-state index < -0.39 is 0 Å². The molecule has 1 aromatic heterocycles. The summed E-state index contributed by atoms with van der Waals surface area (Å²) in [5.41, 5.74) is 1.31. The summed E-state index contributed by atoms with van der Waals surface area (Å²) in [6.07, 6.45) is 0. The Morgan fingerprint density at radius 1 is 1.00 bits per heavy atom. The van der Waals surface area contributed by atoms with Crippen molar-refractivity contribution < 1.29 is 9.53 Å². The van der Waals surface area contributed by atoms with Gasteiger partial charge >= 0.3 is 0 Å². The van der Waals surface area contributed by atoms with E-state index >= 15 is 0 Å². The number of carbonyl (C=O) groups excluding carboxylic acids is 1. The fourth-order valence-electron chi connectivity index (χ4n) is 2.11. The van der Waals surface area contributed by atoms with Gasteiger partial charge in [0, 0.05) is 16.3 Å². The molecule has 0 radical (unpaired) electrons. The Hall–Kier alpha value is -3.12. The highest BCUT2D eigenvalue weighted by Gasteiger charge is 2.07. The Morgan fingerprint density at radius 2 is 1.72 bits per heavy atom. The molecule has 0 saturated heterocycles. The van der Waals surface area contributed by atoms with Gasteiger partial charge in [-0.2, -0.15) is 0 Å². The van der Waals surface area contributed by atoms with Crippen molar-refractivity contribution >= 4 is 34.8 Å². The third kappa shape index (κ3) is 4.45. The molecule has 1 heterocycles. The second kappa shape index (κ2) is 7.63. The van der Waals surface area contributed by atoms with Crippen LogP contribution in [0.3, 0.4) is 0 Å². The molecule has 0 unspecified atom stereocenters. The summed E-state index contributed by atoms with van der Waals surface area (Å²) < 4.78 is 5.07. The van der Waals surface area contributed by atoms with E-state index in [-0.39, 0.29) is 5.91 Å². The quantitative estimate of drug-likeness (QED) is 0.720.